The van der Waals surface area contributed by atoms with Crippen LogP contribution in [0.1, 0.15) is 0 Å². The van der Waals surface area contributed by atoms with Gasteiger partial charge in [0.1, 0.15) is 0 Å². The van der Waals surface area contributed by atoms with Crippen LogP contribution >= 0.6 is 0 Å². The molecule has 2 heterocycles. The molecule has 0 unspecified atom stereocenters. The Hall–Kier alpha value is -4.30. The van der Waals surface area contributed by atoms with E-state index in [0.29, 0.717) is 0 Å². The Kier molecular flexibility index (Phi) is 5.67. The molecule has 0 radical (unpaired) electrons. The molecule has 4 aromatic carbocycles. The molecule has 0 aliphatic rings. The topological polar surface area (TPSA) is 25.8 Å². The molecular weight excluding hydrogens is 388 g/mol. The van der Waals surface area contributed by atoms with Crippen LogP contribution in [-0.2, 0) is 0 Å². The van der Waals surface area contributed by atoms with E-state index in [9.17, 15) is 0 Å². The Morgan fingerprint density at radius 1 is 0.312 bits per heavy atom. The summed E-state index contributed by atoms with van der Waals surface area (Å²) in [6.45, 7) is 0. The van der Waals surface area contributed by atoms with Crippen molar-refractivity contribution in [1.82, 2.24) is 9.97 Å². The molecule has 0 saturated carbocycles. The first-order valence-corrected chi connectivity index (χ1v) is 10.7. The molecule has 2 nitrogen and oxygen atoms in total. The van der Waals surface area contributed by atoms with Crippen LogP contribution in [0.5, 0.6) is 0 Å². The number of aromatic nitrogens is 2. The average Bonchev–Trinajstić information content (AvgIpc) is 2.89. The third-order valence-electron chi connectivity index (χ3n) is 5.34. The predicted molar refractivity (Wildman–Crippen MR) is 134 cm³/mol. The quantitative estimate of drug-likeness (QED) is 0.291. The van der Waals surface area contributed by atoms with Gasteiger partial charge in [-0.3, -0.25) is 0 Å². The van der Waals surface area contributed by atoms with Gasteiger partial charge in [-0.25, -0.2) is 9.97 Å². The van der Waals surface area contributed by atoms with Gasteiger partial charge in [-0.05, 0) is 24.3 Å². The molecule has 0 atom stereocenters. The van der Waals surface area contributed by atoms with E-state index in [1.807, 2.05) is 72.8 Å². The monoisotopic (exact) mass is 410 g/mol. The smallest absolute Gasteiger partial charge is 0.0709 e. The zero-order valence-corrected chi connectivity index (χ0v) is 17.6. The molecule has 0 N–H and O–H groups in total. The molecule has 32 heavy (non-hydrogen) atoms. The maximum Gasteiger partial charge on any atom is 0.0709 e. The summed E-state index contributed by atoms with van der Waals surface area (Å²) in [7, 11) is 0. The Balaban J connectivity index is 0.000000135. The van der Waals surface area contributed by atoms with Gasteiger partial charge in [0.2, 0.25) is 0 Å². The lowest BCUT2D eigenvalue weighted by molar-refractivity contribution is 1.40. The van der Waals surface area contributed by atoms with Gasteiger partial charge < -0.3 is 0 Å². The lowest BCUT2D eigenvalue weighted by Crippen LogP contribution is -1.84. The standard InChI is InChI=1S/2C15H11N/c2*1-2-6-12(7-3-1)15-11-10-13-8-4-5-9-14(13)16-15/h2*1-11H. The number of hydrogen-bond acceptors (Lipinski definition) is 2. The van der Waals surface area contributed by atoms with Crippen LogP contribution in [0.25, 0.3) is 44.3 Å². The molecular formula is C30H22N2. The van der Waals surface area contributed by atoms with E-state index >= 15 is 0 Å². The van der Waals surface area contributed by atoms with E-state index in [1.54, 1.807) is 0 Å². The van der Waals surface area contributed by atoms with Crippen molar-refractivity contribution in [2.75, 3.05) is 0 Å². The van der Waals surface area contributed by atoms with E-state index in [1.165, 1.54) is 10.8 Å². The van der Waals surface area contributed by atoms with Gasteiger partial charge in [0.25, 0.3) is 0 Å². The van der Waals surface area contributed by atoms with Crippen LogP contribution in [0.4, 0.5) is 0 Å². The highest BCUT2D eigenvalue weighted by Gasteiger charge is 2.00. The molecule has 0 amide bonds. The minimum atomic E-state index is 1.03. The fourth-order valence-corrected chi connectivity index (χ4v) is 3.67. The summed E-state index contributed by atoms with van der Waals surface area (Å²) >= 11 is 0. The summed E-state index contributed by atoms with van der Waals surface area (Å²) in [6.07, 6.45) is 0. The van der Waals surface area contributed by atoms with Crippen LogP contribution in [0.15, 0.2) is 133 Å². The summed E-state index contributed by atoms with van der Waals surface area (Å²) in [5.74, 6) is 0. The summed E-state index contributed by atoms with van der Waals surface area (Å²) in [4.78, 5) is 9.29. The number of rotatable bonds is 2. The molecule has 6 aromatic rings. The van der Waals surface area contributed by atoms with Gasteiger partial charge >= 0.3 is 0 Å². The fourth-order valence-electron chi connectivity index (χ4n) is 3.67. The van der Waals surface area contributed by atoms with Gasteiger partial charge in [0, 0.05) is 21.9 Å². The van der Waals surface area contributed by atoms with E-state index in [4.69, 9.17) is 0 Å². The number of fused-ring (bicyclic) bond motifs is 2. The second kappa shape index (κ2) is 9.23. The lowest BCUT2D eigenvalue weighted by Gasteiger charge is -2.02. The van der Waals surface area contributed by atoms with Gasteiger partial charge in [0.15, 0.2) is 0 Å². The van der Waals surface area contributed by atoms with Gasteiger partial charge in [0.05, 0.1) is 22.4 Å². The number of para-hydroxylation sites is 2. The SMILES string of the molecule is c1ccc(-c2ccc3ccccc3n2)cc1.c1ccc(-c2ccc3ccccc3n2)cc1. The highest BCUT2D eigenvalue weighted by molar-refractivity contribution is 5.82. The fraction of sp³-hybridized carbons (Fsp3) is 0. The van der Waals surface area contributed by atoms with Gasteiger partial charge in [-0.15, -0.1) is 0 Å². The first-order chi connectivity index (χ1) is 15.9. The van der Waals surface area contributed by atoms with E-state index < -0.39 is 0 Å². The largest absolute Gasteiger partial charge is 0.248 e. The van der Waals surface area contributed by atoms with Crippen molar-refractivity contribution in [3.8, 4) is 22.5 Å². The Morgan fingerprint density at radius 2 is 0.688 bits per heavy atom. The van der Waals surface area contributed by atoms with Crippen LogP contribution in [-0.4, -0.2) is 9.97 Å². The predicted octanol–water partition coefficient (Wildman–Crippen LogP) is 7.80. The highest BCUT2D eigenvalue weighted by Crippen LogP contribution is 2.21. The number of hydrogen-bond donors (Lipinski definition) is 0. The zero-order chi connectivity index (χ0) is 21.6. The molecule has 0 fully saturated rings. The maximum absolute atomic E-state index is 4.65. The summed E-state index contributed by atoms with van der Waals surface area (Å²) in [5, 5.41) is 2.37. The molecule has 2 aromatic heterocycles. The Morgan fingerprint density at radius 3 is 1.12 bits per heavy atom. The molecule has 6 rings (SSSR count). The molecule has 0 bridgehead atoms. The van der Waals surface area contributed by atoms with E-state index in [-0.39, 0.29) is 0 Å². The molecule has 152 valence electrons. The van der Waals surface area contributed by atoms with E-state index in [0.717, 1.165) is 33.5 Å². The Labute approximate surface area is 187 Å². The van der Waals surface area contributed by atoms with Crippen LogP contribution < -0.4 is 0 Å². The number of pyridine rings is 2. The first kappa shape index (κ1) is 19.7. The minimum absolute atomic E-state index is 1.03. The first-order valence-electron chi connectivity index (χ1n) is 10.7. The van der Waals surface area contributed by atoms with Crippen LogP contribution in [0, 0.1) is 0 Å². The van der Waals surface area contributed by atoms with Crippen molar-refractivity contribution < 1.29 is 0 Å². The summed E-state index contributed by atoms with van der Waals surface area (Å²) < 4.78 is 0. The normalized spacial score (nSPS) is 10.5. The van der Waals surface area contributed by atoms with Gasteiger partial charge in [-0.1, -0.05) is 109 Å². The van der Waals surface area contributed by atoms with Crippen molar-refractivity contribution in [3.05, 3.63) is 133 Å². The van der Waals surface area contributed by atoms with Crippen LogP contribution in [0.2, 0.25) is 0 Å². The summed E-state index contributed by atoms with van der Waals surface area (Å²) in [6, 6.07) is 45.2. The third kappa shape index (κ3) is 4.40. The minimum Gasteiger partial charge on any atom is -0.248 e. The van der Waals surface area contributed by atoms with Gasteiger partial charge in [-0.2, -0.15) is 0 Å². The molecule has 2 heteroatoms. The maximum atomic E-state index is 4.65. The highest BCUT2D eigenvalue weighted by atomic mass is 14.7. The van der Waals surface area contributed by atoms with Crippen LogP contribution in [0.3, 0.4) is 0 Å². The summed E-state index contributed by atoms with van der Waals surface area (Å²) in [5.41, 5.74) is 6.47. The zero-order valence-electron chi connectivity index (χ0n) is 17.6. The van der Waals surface area contributed by atoms with Crippen molar-refractivity contribution in [1.29, 1.82) is 0 Å². The molecule has 0 aliphatic carbocycles. The molecule has 0 saturated heterocycles. The second-order valence-corrected chi connectivity index (χ2v) is 7.51. The molecule has 0 spiro atoms. The third-order valence-corrected chi connectivity index (χ3v) is 5.34. The molecule has 0 aliphatic heterocycles. The van der Waals surface area contributed by atoms with Crippen molar-refractivity contribution >= 4 is 21.8 Å². The average molecular weight is 411 g/mol. The van der Waals surface area contributed by atoms with E-state index in [2.05, 4.69) is 70.6 Å². The van der Waals surface area contributed by atoms with Crippen molar-refractivity contribution in [3.63, 3.8) is 0 Å². The number of benzene rings is 4. The number of nitrogens with zero attached hydrogens (tertiary/aromatic N) is 2. The lowest BCUT2D eigenvalue weighted by atomic mass is 10.1. The Bertz CT molecular complexity index is 1340. The van der Waals surface area contributed by atoms with Crippen molar-refractivity contribution in [2.45, 2.75) is 0 Å². The second-order valence-electron chi connectivity index (χ2n) is 7.51. The van der Waals surface area contributed by atoms with Crippen molar-refractivity contribution in [2.24, 2.45) is 0 Å².